The third-order valence-corrected chi connectivity index (χ3v) is 2.70. The monoisotopic (exact) mass is 157 g/mol. The Morgan fingerprint density at radius 1 is 1.60 bits per heavy atom. The first-order valence-electron chi connectivity index (χ1n) is 4.11. The topological polar surface area (TPSA) is 12.0 Å². The molecule has 1 nitrogen and oxygen atoms in total. The molecule has 0 saturated carbocycles. The van der Waals surface area contributed by atoms with Crippen LogP contribution < -0.4 is 5.32 Å². The molecule has 0 aromatic carbocycles. The lowest BCUT2D eigenvalue weighted by molar-refractivity contribution is 0.583. The van der Waals surface area contributed by atoms with E-state index in [1.165, 1.54) is 19.0 Å². The maximum Gasteiger partial charge on any atom is 0.0446 e. The van der Waals surface area contributed by atoms with Gasteiger partial charge in [-0.05, 0) is 13.0 Å². The van der Waals surface area contributed by atoms with Crippen molar-refractivity contribution in [2.45, 2.75) is 32.4 Å². The van der Waals surface area contributed by atoms with Gasteiger partial charge in [-0.25, -0.2) is 0 Å². The molecule has 2 heteroatoms. The molecule has 1 N–H and O–H groups in total. The maximum absolute atomic E-state index is 3.73. The molecule has 0 spiro atoms. The lowest BCUT2D eigenvalue weighted by Crippen LogP contribution is -2.23. The van der Waals surface area contributed by atoms with Crippen molar-refractivity contribution < 1.29 is 0 Å². The summed E-state index contributed by atoms with van der Waals surface area (Å²) in [4.78, 5) is 0. The van der Waals surface area contributed by atoms with Gasteiger partial charge in [-0.1, -0.05) is 19.9 Å². The van der Waals surface area contributed by atoms with Gasteiger partial charge in [0.15, 0.2) is 0 Å². The maximum atomic E-state index is 3.73. The van der Waals surface area contributed by atoms with Gasteiger partial charge in [-0.3, -0.25) is 0 Å². The zero-order valence-electron chi connectivity index (χ0n) is 7.19. The lowest BCUT2D eigenvalue weighted by atomic mass is 10.4. The van der Waals surface area contributed by atoms with E-state index in [0.717, 1.165) is 0 Å². The van der Waals surface area contributed by atoms with Crippen LogP contribution in [0.5, 0.6) is 0 Å². The number of hydrogen-bond acceptors (Lipinski definition) is 1. The van der Waals surface area contributed by atoms with Gasteiger partial charge in [-0.15, -0.1) is 12.3 Å². The zero-order chi connectivity index (χ0) is 7.82. The van der Waals surface area contributed by atoms with Crippen LogP contribution in [-0.4, -0.2) is 22.1 Å². The Kier molecular flexibility index (Phi) is 6.97. The molecule has 0 aliphatic heterocycles. The second kappa shape index (κ2) is 7.03. The van der Waals surface area contributed by atoms with Gasteiger partial charge in [-0.2, -0.15) is 0 Å². The van der Waals surface area contributed by atoms with Crippen molar-refractivity contribution in [3.8, 4) is 0 Å². The van der Waals surface area contributed by atoms with E-state index in [-0.39, 0.29) is 9.52 Å². The van der Waals surface area contributed by atoms with Gasteiger partial charge in [0, 0.05) is 15.6 Å². The Labute approximate surface area is 66.7 Å². The van der Waals surface area contributed by atoms with Crippen molar-refractivity contribution in [2.24, 2.45) is 0 Å². The Balaban J connectivity index is 2.83. The molecule has 0 aliphatic carbocycles. The number of rotatable bonds is 6. The van der Waals surface area contributed by atoms with Crippen LogP contribution in [0, 0.1) is 0 Å². The highest BCUT2D eigenvalue weighted by Crippen LogP contribution is 1.87. The highest BCUT2D eigenvalue weighted by molar-refractivity contribution is 6.41. The molecule has 0 aliphatic rings. The highest BCUT2D eigenvalue weighted by Gasteiger charge is 1.90. The molecular formula is C8H19NSi. The summed E-state index contributed by atoms with van der Waals surface area (Å²) >= 11 is 0. The van der Waals surface area contributed by atoms with Crippen LogP contribution in [0.15, 0.2) is 12.3 Å². The molecule has 0 aromatic heterocycles. The Hall–Kier alpha value is -0.0831. The van der Waals surface area contributed by atoms with Gasteiger partial charge in [0.1, 0.15) is 0 Å². The van der Waals surface area contributed by atoms with Crippen molar-refractivity contribution in [3.63, 3.8) is 0 Å². The minimum absolute atomic E-state index is 0.101. The van der Waals surface area contributed by atoms with Crippen LogP contribution in [0.2, 0.25) is 6.04 Å². The van der Waals surface area contributed by atoms with Gasteiger partial charge in [0.05, 0.1) is 0 Å². The van der Waals surface area contributed by atoms with Crippen molar-refractivity contribution in [3.05, 3.63) is 12.3 Å². The number of nitrogens with one attached hydrogen (secondary N) is 1. The summed E-state index contributed by atoms with van der Waals surface area (Å²) in [6.07, 6.45) is 1.33. The average molecular weight is 157 g/mol. The predicted molar refractivity (Wildman–Crippen MR) is 51.3 cm³/mol. The third kappa shape index (κ3) is 7.92. The summed E-state index contributed by atoms with van der Waals surface area (Å²) in [6.45, 7) is 9.28. The zero-order valence-corrected chi connectivity index (χ0v) is 8.60. The Bertz CT molecular complexity index is 81.3. The highest BCUT2D eigenvalue weighted by atomic mass is 28.2. The molecule has 0 bridgehead atoms. The van der Waals surface area contributed by atoms with E-state index < -0.39 is 0 Å². The van der Waals surface area contributed by atoms with Crippen LogP contribution in [0.25, 0.3) is 0 Å². The van der Waals surface area contributed by atoms with Gasteiger partial charge >= 0.3 is 0 Å². The molecule has 0 aromatic rings. The van der Waals surface area contributed by atoms with Gasteiger partial charge in [0.25, 0.3) is 0 Å². The summed E-state index contributed by atoms with van der Waals surface area (Å²) < 4.78 is 0. The molecule has 0 radical (unpaired) electrons. The van der Waals surface area contributed by atoms with Crippen molar-refractivity contribution in [1.82, 2.24) is 5.32 Å². The molecular weight excluding hydrogens is 138 g/mol. The van der Waals surface area contributed by atoms with Crippen molar-refractivity contribution in [1.29, 1.82) is 0 Å². The van der Waals surface area contributed by atoms with E-state index in [2.05, 4.69) is 31.4 Å². The molecule has 0 atom stereocenters. The van der Waals surface area contributed by atoms with Crippen LogP contribution in [-0.2, 0) is 0 Å². The van der Waals surface area contributed by atoms with Crippen molar-refractivity contribution >= 4 is 9.52 Å². The molecule has 10 heavy (non-hydrogen) atoms. The summed E-state index contributed by atoms with van der Waals surface area (Å²) in [6, 6.07) is 2.05. The Morgan fingerprint density at radius 3 is 2.80 bits per heavy atom. The quantitative estimate of drug-likeness (QED) is 0.450. The van der Waals surface area contributed by atoms with E-state index in [1.54, 1.807) is 0 Å². The van der Waals surface area contributed by atoms with Crippen LogP contribution in [0.1, 0.15) is 20.3 Å². The second-order valence-electron chi connectivity index (χ2n) is 2.89. The average Bonchev–Trinajstić information content (AvgIpc) is 1.87. The molecule has 0 saturated heterocycles. The summed E-state index contributed by atoms with van der Waals surface area (Å²) in [7, 11) is 0.101. The largest absolute Gasteiger partial charge is 0.315 e. The normalized spacial score (nSPS) is 11.5. The summed E-state index contributed by atoms with van der Waals surface area (Å²) in [5.41, 5.74) is 2.12. The second-order valence-corrected chi connectivity index (χ2v) is 4.76. The molecule has 0 rings (SSSR count). The van der Waals surface area contributed by atoms with Crippen molar-refractivity contribution in [2.75, 3.05) is 6.54 Å². The minimum Gasteiger partial charge on any atom is -0.315 e. The molecule has 60 valence electrons. The van der Waals surface area contributed by atoms with E-state index >= 15 is 0 Å². The summed E-state index contributed by atoms with van der Waals surface area (Å²) in [5, 5.41) is 3.39. The summed E-state index contributed by atoms with van der Waals surface area (Å²) in [5.74, 6) is 0. The third-order valence-electron chi connectivity index (χ3n) is 1.39. The van der Waals surface area contributed by atoms with Crippen LogP contribution in [0.3, 0.4) is 0 Å². The smallest absolute Gasteiger partial charge is 0.0446 e. The molecule has 0 amide bonds. The van der Waals surface area contributed by atoms with Crippen LogP contribution >= 0.6 is 0 Å². The molecule has 0 unspecified atom stereocenters. The van der Waals surface area contributed by atoms with E-state index in [9.17, 15) is 0 Å². The Morgan fingerprint density at radius 2 is 2.30 bits per heavy atom. The predicted octanol–water partition coefficient (Wildman–Crippen LogP) is 1.11. The first kappa shape index (κ1) is 9.92. The molecule has 0 heterocycles. The van der Waals surface area contributed by atoms with Gasteiger partial charge in [0.2, 0.25) is 0 Å². The van der Waals surface area contributed by atoms with Gasteiger partial charge < -0.3 is 5.32 Å². The SMILES string of the molecule is C=C[SiH2]CCCNC(C)C. The van der Waals surface area contributed by atoms with Crippen LogP contribution in [0.4, 0.5) is 0 Å². The number of hydrogen-bond donors (Lipinski definition) is 1. The fourth-order valence-electron chi connectivity index (χ4n) is 0.804. The fourth-order valence-corrected chi connectivity index (χ4v) is 1.63. The lowest BCUT2D eigenvalue weighted by Gasteiger charge is -2.05. The minimum atomic E-state index is 0.101. The standard InChI is InChI=1S/C8H19NSi/c1-4-10-7-5-6-9-8(2)3/h4,8-9H,1,5-7,10H2,2-3H3. The first-order valence-corrected chi connectivity index (χ1v) is 5.93. The van der Waals surface area contributed by atoms with E-state index in [4.69, 9.17) is 0 Å². The fraction of sp³-hybridized carbons (Fsp3) is 0.750. The molecule has 0 fully saturated rings. The first-order chi connectivity index (χ1) is 4.77. The van der Waals surface area contributed by atoms with E-state index in [0.29, 0.717) is 6.04 Å². The van der Waals surface area contributed by atoms with E-state index in [1.807, 2.05) is 0 Å².